The number of hydrogen-bond acceptors (Lipinski definition) is 2. The zero-order chi connectivity index (χ0) is 12.7. The molecule has 0 saturated heterocycles. The Morgan fingerprint density at radius 1 is 1.50 bits per heavy atom. The number of carbonyl (C=O) groups is 1. The Kier molecular flexibility index (Phi) is 2.62. The molecule has 3 heteroatoms. The number of carboxylic acid groups (broad SMARTS) is 1. The molecule has 1 aliphatic heterocycles. The Bertz CT molecular complexity index is 521. The second-order valence-corrected chi connectivity index (χ2v) is 5.09. The topological polar surface area (TPSA) is 49.3 Å². The monoisotopic (exact) mass is 243 g/mol. The van der Waals surface area contributed by atoms with Crippen LogP contribution < -0.4 is 5.32 Å². The molecule has 0 radical (unpaired) electrons. The summed E-state index contributed by atoms with van der Waals surface area (Å²) >= 11 is 0. The first kappa shape index (κ1) is 11.3. The molecule has 18 heavy (non-hydrogen) atoms. The normalized spacial score (nSPS) is 28.4. The van der Waals surface area contributed by atoms with Gasteiger partial charge in [-0.25, -0.2) is 4.79 Å². The van der Waals surface area contributed by atoms with Crippen LogP contribution in [-0.4, -0.2) is 17.1 Å². The van der Waals surface area contributed by atoms with E-state index in [0.717, 1.165) is 18.5 Å². The third-order valence-electron chi connectivity index (χ3n) is 4.10. The molecule has 3 rings (SSSR count). The van der Waals surface area contributed by atoms with E-state index in [9.17, 15) is 9.90 Å². The first-order valence-corrected chi connectivity index (χ1v) is 6.49. The molecule has 3 atom stereocenters. The molecule has 0 unspecified atom stereocenters. The molecule has 1 heterocycles. The molecule has 0 saturated carbocycles. The van der Waals surface area contributed by atoms with E-state index in [1.165, 1.54) is 11.1 Å². The van der Waals surface area contributed by atoms with Crippen molar-refractivity contribution >= 4 is 11.7 Å². The lowest BCUT2D eigenvalue weighted by atomic mass is 9.79. The summed E-state index contributed by atoms with van der Waals surface area (Å²) in [6.07, 6.45) is 6.14. The van der Waals surface area contributed by atoms with Crippen LogP contribution in [0.3, 0.4) is 0 Å². The molecule has 2 N–H and O–H groups in total. The Balaban J connectivity index is 2.06. The van der Waals surface area contributed by atoms with Crippen LogP contribution in [0.25, 0.3) is 0 Å². The number of rotatable bonds is 2. The first-order chi connectivity index (χ1) is 8.70. The zero-order valence-electron chi connectivity index (χ0n) is 10.4. The molecule has 1 aromatic rings. The van der Waals surface area contributed by atoms with Crippen molar-refractivity contribution in [2.24, 2.45) is 5.92 Å². The number of anilines is 1. The number of benzene rings is 1. The molecular weight excluding hydrogens is 226 g/mol. The minimum atomic E-state index is -0.751. The number of aliphatic carboxylic acids is 1. The number of fused-ring (bicyclic) bond motifs is 3. The fourth-order valence-electron chi connectivity index (χ4n) is 3.11. The van der Waals surface area contributed by atoms with Crippen LogP contribution in [0.4, 0.5) is 5.69 Å². The van der Waals surface area contributed by atoms with E-state index in [2.05, 4.69) is 36.5 Å². The number of carboxylic acids is 1. The van der Waals surface area contributed by atoms with Gasteiger partial charge in [0.1, 0.15) is 6.04 Å². The van der Waals surface area contributed by atoms with Crippen molar-refractivity contribution in [1.29, 1.82) is 0 Å². The summed E-state index contributed by atoms with van der Waals surface area (Å²) in [5.74, 6) is -0.338. The molecule has 0 fully saturated rings. The predicted octanol–water partition coefficient (Wildman–Crippen LogP) is 2.79. The largest absolute Gasteiger partial charge is 0.480 e. The highest BCUT2D eigenvalue weighted by Crippen LogP contribution is 2.44. The molecule has 0 amide bonds. The standard InChI is InChI=1S/C15H17NO2/c1-2-9-6-7-13-12(8-9)10-4-3-5-11(10)14(16-13)15(17)18/h3-4,6-8,10-11,14,16H,2,5H2,1H3,(H,17,18)/t10-,11+,14-/m0/s1. The summed E-state index contributed by atoms with van der Waals surface area (Å²) in [6, 6.07) is 5.84. The lowest BCUT2D eigenvalue weighted by Gasteiger charge is -2.35. The molecule has 0 spiro atoms. The van der Waals surface area contributed by atoms with E-state index < -0.39 is 12.0 Å². The smallest absolute Gasteiger partial charge is 0.326 e. The molecule has 94 valence electrons. The summed E-state index contributed by atoms with van der Waals surface area (Å²) in [7, 11) is 0. The summed E-state index contributed by atoms with van der Waals surface area (Å²) in [6.45, 7) is 2.14. The molecule has 1 aromatic carbocycles. The average Bonchev–Trinajstić information content (AvgIpc) is 2.86. The van der Waals surface area contributed by atoms with Gasteiger partial charge >= 0.3 is 5.97 Å². The van der Waals surface area contributed by atoms with Crippen molar-refractivity contribution in [3.05, 3.63) is 41.5 Å². The van der Waals surface area contributed by atoms with Crippen LogP contribution >= 0.6 is 0 Å². The first-order valence-electron chi connectivity index (χ1n) is 6.49. The Morgan fingerprint density at radius 3 is 3.06 bits per heavy atom. The van der Waals surface area contributed by atoms with E-state index in [1.807, 2.05) is 6.07 Å². The molecule has 0 aromatic heterocycles. The van der Waals surface area contributed by atoms with Crippen LogP contribution in [0.2, 0.25) is 0 Å². The van der Waals surface area contributed by atoms with E-state index in [4.69, 9.17) is 0 Å². The number of allylic oxidation sites excluding steroid dienone is 2. The van der Waals surface area contributed by atoms with Crippen molar-refractivity contribution < 1.29 is 9.90 Å². The average molecular weight is 243 g/mol. The van der Waals surface area contributed by atoms with Gasteiger partial charge in [-0.05, 0) is 30.0 Å². The van der Waals surface area contributed by atoms with Gasteiger partial charge in [0.15, 0.2) is 0 Å². The fraction of sp³-hybridized carbons (Fsp3) is 0.400. The number of aryl methyl sites for hydroxylation is 1. The van der Waals surface area contributed by atoms with Gasteiger partial charge in [-0.1, -0.05) is 31.2 Å². The third kappa shape index (κ3) is 1.62. The van der Waals surface area contributed by atoms with Crippen molar-refractivity contribution in [3.8, 4) is 0 Å². The summed E-state index contributed by atoms with van der Waals surface area (Å²) in [5.41, 5.74) is 3.54. The van der Waals surface area contributed by atoms with Gasteiger partial charge in [-0.2, -0.15) is 0 Å². The van der Waals surface area contributed by atoms with Crippen LogP contribution in [0, 0.1) is 5.92 Å². The van der Waals surface area contributed by atoms with Crippen LogP contribution in [0.5, 0.6) is 0 Å². The van der Waals surface area contributed by atoms with Gasteiger partial charge in [0.2, 0.25) is 0 Å². The maximum Gasteiger partial charge on any atom is 0.326 e. The van der Waals surface area contributed by atoms with Crippen molar-refractivity contribution in [1.82, 2.24) is 0 Å². The molecule has 0 bridgehead atoms. The maximum absolute atomic E-state index is 11.3. The SMILES string of the molecule is CCc1ccc2c(c1)[C@H]1C=CC[C@H]1[C@@H](C(=O)O)N2. The quantitative estimate of drug-likeness (QED) is 0.785. The van der Waals surface area contributed by atoms with Crippen molar-refractivity contribution in [2.75, 3.05) is 5.32 Å². The van der Waals surface area contributed by atoms with Crippen LogP contribution in [0.1, 0.15) is 30.4 Å². The number of nitrogens with one attached hydrogen (secondary N) is 1. The highest BCUT2D eigenvalue weighted by atomic mass is 16.4. The molecule has 2 aliphatic rings. The van der Waals surface area contributed by atoms with Crippen LogP contribution in [0.15, 0.2) is 30.4 Å². The van der Waals surface area contributed by atoms with E-state index in [0.29, 0.717) is 0 Å². The van der Waals surface area contributed by atoms with E-state index >= 15 is 0 Å². The zero-order valence-corrected chi connectivity index (χ0v) is 10.4. The second kappa shape index (κ2) is 4.16. The molecular formula is C15H17NO2. The Labute approximate surface area is 107 Å². The van der Waals surface area contributed by atoms with Crippen molar-refractivity contribution in [2.45, 2.75) is 31.7 Å². The molecule has 3 nitrogen and oxygen atoms in total. The van der Waals surface area contributed by atoms with E-state index in [-0.39, 0.29) is 11.8 Å². The van der Waals surface area contributed by atoms with E-state index in [1.54, 1.807) is 0 Å². The Morgan fingerprint density at radius 2 is 2.33 bits per heavy atom. The summed E-state index contributed by atoms with van der Waals surface area (Å²) in [5, 5.41) is 12.5. The van der Waals surface area contributed by atoms with Crippen LogP contribution in [-0.2, 0) is 11.2 Å². The highest BCUT2D eigenvalue weighted by Gasteiger charge is 2.40. The molecule has 1 aliphatic carbocycles. The second-order valence-electron chi connectivity index (χ2n) is 5.09. The fourth-order valence-corrected chi connectivity index (χ4v) is 3.11. The van der Waals surface area contributed by atoms with Crippen molar-refractivity contribution in [3.63, 3.8) is 0 Å². The maximum atomic E-state index is 11.3. The predicted molar refractivity (Wildman–Crippen MR) is 70.9 cm³/mol. The lowest BCUT2D eigenvalue weighted by molar-refractivity contribution is -0.139. The minimum Gasteiger partial charge on any atom is -0.480 e. The minimum absolute atomic E-state index is 0.155. The van der Waals surface area contributed by atoms with Gasteiger partial charge in [0, 0.05) is 17.5 Å². The highest BCUT2D eigenvalue weighted by molar-refractivity contribution is 5.80. The van der Waals surface area contributed by atoms with Gasteiger partial charge in [0.05, 0.1) is 0 Å². The van der Waals surface area contributed by atoms with Gasteiger partial charge in [0.25, 0.3) is 0 Å². The Hall–Kier alpha value is -1.77. The number of hydrogen-bond donors (Lipinski definition) is 2. The van der Waals surface area contributed by atoms with Gasteiger partial charge in [-0.3, -0.25) is 0 Å². The lowest BCUT2D eigenvalue weighted by Crippen LogP contribution is -2.41. The van der Waals surface area contributed by atoms with Gasteiger partial charge in [-0.15, -0.1) is 0 Å². The summed E-state index contributed by atoms with van der Waals surface area (Å²) < 4.78 is 0. The third-order valence-corrected chi connectivity index (χ3v) is 4.10. The van der Waals surface area contributed by atoms with Gasteiger partial charge < -0.3 is 10.4 Å². The summed E-state index contributed by atoms with van der Waals surface area (Å²) in [4.78, 5) is 11.3.